The first kappa shape index (κ1) is 16.4. The van der Waals surface area contributed by atoms with Gasteiger partial charge in [0.1, 0.15) is 6.04 Å². The molecule has 0 bridgehead atoms. The molecule has 102 valence electrons. The Morgan fingerprint density at radius 2 is 1.76 bits per heavy atom. The molecule has 0 spiro atoms. The topological polar surface area (TPSA) is 47.6 Å². The van der Waals surface area contributed by atoms with Crippen molar-refractivity contribution >= 4 is 5.97 Å². The van der Waals surface area contributed by atoms with Gasteiger partial charge in [-0.15, -0.1) is 0 Å². The third-order valence-corrected chi connectivity index (χ3v) is 2.83. The highest BCUT2D eigenvalue weighted by Gasteiger charge is 2.34. The van der Waals surface area contributed by atoms with Crippen molar-refractivity contribution in [3.63, 3.8) is 0 Å². The number of rotatable bonds is 6. The molecule has 0 saturated carbocycles. The maximum Gasteiger partial charge on any atom is 0.323 e. The second-order valence-corrected chi connectivity index (χ2v) is 5.79. The van der Waals surface area contributed by atoms with Crippen molar-refractivity contribution < 1.29 is 14.3 Å². The van der Waals surface area contributed by atoms with Gasteiger partial charge in [0.2, 0.25) is 0 Å². The predicted octanol–water partition coefficient (Wildman–Crippen LogP) is 1.83. The van der Waals surface area contributed by atoms with Gasteiger partial charge in [-0.1, -0.05) is 34.6 Å². The van der Waals surface area contributed by atoms with Crippen molar-refractivity contribution in [3.05, 3.63) is 0 Å². The quantitative estimate of drug-likeness (QED) is 0.725. The van der Waals surface area contributed by atoms with Gasteiger partial charge in [-0.3, -0.25) is 10.1 Å². The fraction of sp³-hybridized carbons (Fsp3) is 0.923. The van der Waals surface area contributed by atoms with Gasteiger partial charge in [0, 0.05) is 13.2 Å². The minimum Gasteiger partial charge on any atom is -0.468 e. The molecule has 0 aromatic heterocycles. The first-order chi connectivity index (χ1) is 7.73. The van der Waals surface area contributed by atoms with Gasteiger partial charge in [-0.05, 0) is 11.3 Å². The van der Waals surface area contributed by atoms with Crippen molar-refractivity contribution in [2.24, 2.45) is 11.3 Å². The summed E-state index contributed by atoms with van der Waals surface area (Å²) in [6, 6.07) is -0.182. The van der Waals surface area contributed by atoms with E-state index in [-0.39, 0.29) is 23.5 Å². The molecule has 0 aromatic rings. The summed E-state index contributed by atoms with van der Waals surface area (Å²) in [5.41, 5.74) is -0.187. The highest BCUT2D eigenvalue weighted by atomic mass is 16.5. The minimum atomic E-state index is -0.324. The summed E-state index contributed by atoms with van der Waals surface area (Å²) in [6.45, 7) is 10.9. The Hall–Kier alpha value is -0.610. The molecule has 2 atom stereocenters. The highest BCUT2D eigenvalue weighted by Crippen LogP contribution is 2.21. The third-order valence-electron chi connectivity index (χ3n) is 2.83. The maximum atomic E-state index is 11.8. The van der Waals surface area contributed by atoms with Crippen LogP contribution in [0.15, 0.2) is 0 Å². The Morgan fingerprint density at radius 1 is 1.24 bits per heavy atom. The smallest absolute Gasteiger partial charge is 0.323 e. The third kappa shape index (κ3) is 5.50. The molecule has 0 fully saturated rings. The summed E-state index contributed by atoms with van der Waals surface area (Å²) in [4.78, 5) is 11.8. The molecular formula is C13H27NO3. The van der Waals surface area contributed by atoms with E-state index in [1.54, 1.807) is 7.11 Å². The van der Waals surface area contributed by atoms with Gasteiger partial charge in [0.05, 0.1) is 13.7 Å². The van der Waals surface area contributed by atoms with Crippen LogP contribution in [0.1, 0.15) is 34.6 Å². The van der Waals surface area contributed by atoms with Crippen molar-refractivity contribution in [1.29, 1.82) is 0 Å². The van der Waals surface area contributed by atoms with Gasteiger partial charge in [-0.2, -0.15) is 0 Å². The standard InChI is InChI=1S/C13H27NO3/c1-9(2)10(8-16-6)14-11(12(15)17-7)13(3,4)5/h9-11,14H,8H2,1-7H3/t10-,11+/m1/s1. The van der Waals surface area contributed by atoms with E-state index >= 15 is 0 Å². The van der Waals surface area contributed by atoms with E-state index in [4.69, 9.17) is 9.47 Å². The second-order valence-electron chi connectivity index (χ2n) is 5.79. The van der Waals surface area contributed by atoms with Crippen molar-refractivity contribution in [2.75, 3.05) is 20.8 Å². The minimum absolute atomic E-state index is 0.142. The zero-order valence-electron chi connectivity index (χ0n) is 12.2. The molecular weight excluding hydrogens is 218 g/mol. The molecule has 0 aliphatic carbocycles. The van der Waals surface area contributed by atoms with Crippen LogP contribution in [0.2, 0.25) is 0 Å². The summed E-state index contributed by atoms with van der Waals surface area (Å²) in [5, 5.41) is 3.35. The SMILES string of the molecule is COC[C@@H](N[C@@H](C(=O)OC)C(C)(C)C)C(C)C. The van der Waals surface area contributed by atoms with Crippen molar-refractivity contribution in [3.8, 4) is 0 Å². The Balaban J connectivity index is 4.77. The maximum absolute atomic E-state index is 11.8. The zero-order chi connectivity index (χ0) is 13.6. The number of methoxy groups -OCH3 is 2. The van der Waals surface area contributed by atoms with Gasteiger partial charge in [0.25, 0.3) is 0 Å². The Kier molecular flexibility index (Phi) is 6.72. The van der Waals surface area contributed by atoms with Crippen LogP contribution in [0, 0.1) is 11.3 Å². The molecule has 4 nitrogen and oxygen atoms in total. The largest absolute Gasteiger partial charge is 0.468 e. The molecule has 0 heterocycles. The van der Waals surface area contributed by atoms with E-state index < -0.39 is 0 Å². The Morgan fingerprint density at radius 3 is 2.06 bits per heavy atom. The molecule has 0 unspecified atom stereocenters. The number of carbonyl (C=O) groups excluding carboxylic acids is 1. The average Bonchev–Trinajstić information content (AvgIpc) is 2.20. The summed E-state index contributed by atoms with van der Waals surface area (Å²) in [6.07, 6.45) is 0. The molecule has 4 heteroatoms. The molecule has 17 heavy (non-hydrogen) atoms. The van der Waals surface area contributed by atoms with Gasteiger partial charge in [-0.25, -0.2) is 0 Å². The lowest BCUT2D eigenvalue weighted by molar-refractivity contribution is -0.146. The second kappa shape index (κ2) is 6.97. The monoisotopic (exact) mass is 245 g/mol. The van der Waals surface area contributed by atoms with Crippen molar-refractivity contribution in [1.82, 2.24) is 5.32 Å². The van der Waals surface area contributed by atoms with Crippen LogP contribution in [0.4, 0.5) is 0 Å². The molecule has 1 N–H and O–H groups in total. The summed E-state index contributed by atoms with van der Waals surface area (Å²) < 4.78 is 10.0. The first-order valence-corrected chi connectivity index (χ1v) is 6.06. The average molecular weight is 245 g/mol. The Bertz CT molecular complexity index is 233. The lowest BCUT2D eigenvalue weighted by atomic mass is 9.85. The summed E-state index contributed by atoms with van der Waals surface area (Å²) in [5.74, 6) is 0.170. The van der Waals surface area contributed by atoms with Crippen molar-refractivity contribution in [2.45, 2.75) is 46.7 Å². The van der Waals surface area contributed by atoms with Crippen LogP contribution in [0.3, 0.4) is 0 Å². The van der Waals surface area contributed by atoms with Gasteiger partial charge in [0.15, 0.2) is 0 Å². The van der Waals surface area contributed by atoms with E-state index in [0.717, 1.165) is 0 Å². The van der Waals surface area contributed by atoms with Gasteiger partial charge < -0.3 is 9.47 Å². The van der Waals surface area contributed by atoms with Crippen LogP contribution in [-0.4, -0.2) is 38.9 Å². The first-order valence-electron chi connectivity index (χ1n) is 6.06. The highest BCUT2D eigenvalue weighted by molar-refractivity contribution is 5.76. The predicted molar refractivity (Wildman–Crippen MR) is 68.9 cm³/mol. The summed E-state index contributed by atoms with van der Waals surface area (Å²) in [7, 11) is 3.09. The molecule has 0 saturated heterocycles. The van der Waals surface area contributed by atoms with Crippen LogP contribution in [-0.2, 0) is 14.3 Å². The van der Waals surface area contributed by atoms with Crippen LogP contribution in [0.25, 0.3) is 0 Å². The molecule has 0 radical (unpaired) electrons. The van der Waals surface area contributed by atoms with E-state index in [9.17, 15) is 4.79 Å². The molecule has 0 amide bonds. The zero-order valence-corrected chi connectivity index (χ0v) is 12.2. The number of nitrogens with one attached hydrogen (secondary N) is 1. The van der Waals surface area contributed by atoms with E-state index in [1.807, 2.05) is 20.8 Å². The van der Waals surface area contributed by atoms with E-state index in [1.165, 1.54) is 7.11 Å². The number of ether oxygens (including phenoxy) is 2. The lowest BCUT2D eigenvalue weighted by Gasteiger charge is -2.34. The van der Waals surface area contributed by atoms with Crippen LogP contribution >= 0.6 is 0 Å². The van der Waals surface area contributed by atoms with E-state index in [0.29, 0.717) is 12.5 Å². The summed E-state index contributed by atoms with van der Waals surface area (Å²) >= 11 is 0. The molecule has 0 rings (SSSR count). The molecule has 0 aliphatic heterocycles. The van der Waals surface area contributed by atoms with Crippen LogP contribution in [0.5, 0.6) is 0 Å². The Labute approximate surface area is 105 Å². The number of carbonyl (C=O) groups is 1. The fourth-order valence-electron chi connectivity index (χ4n) is 1.62. The lowest BCUT2D eigenvalue weighted by Crippen LogP contribution is -2.54. The van der Waals surface area contributed by atoms with Crippen LogP contribution < -0.4 is 5.32 Å². The number of hydrogen-bond donors (Lipinski definition) is 1. The fourth-order valence-corrected chi connectivity index (χ4v) is 1.62. The van der Waals surface area contributed by atoms with Gasteiger partial charge >= 0.3 is 5.97 Å². The molecule has 0 aliphatic rings. The normalized spacial score (nSPS) is 15.8. The number of hydrogen-bond acceptors (Lipinski definition) is 4. The van der Waals surface area contributed by atoms with E-state index in [2.05, 4.69) is 19.2 Å². The number of esters is 1. The molecule has 0 aromatic carbocycles.